The standard InChI is InChI=1S/C6H9N3OS.CHCl3/c1-8-5(10)4(3-7)6(11)9-2;2-1(3)4/h4H,1-2H3,(H,8,10)(H,9,11);1H/t4-;/m1./s1. The third-order valence-electron chi connectivity index (χ3n) is 1.15. The number of nitrogens with one attached hydrogen (secondary N) is 2. The largest absolute Gasteiger partial charge is 0.381 e. The first kappa shape index (κ1) is 17.1. The molecule has 1 atom stereocenters. The van der Waals surface area contributed by atoms with Crippen molar-refractivity contribution in [1.82, 2.24) is 10.6 Å². The quantitative estimate of drug-likeness (QED) is 0.596. The van der Waals surface area contributed by atoms with E-state index in [1.165, 1.54) is 7.05 Å². The molecular weight excluding hydrogens is 281 g/mol. The molecule has 0 saturated heterocycles. The lowest BCUT2D eigenvalue weighted by atomic mass is 10.1. The van der Waals surface area contributed by atoms with Crippen molar-refractivity contribution in [3.8, 4) is 6.07 Å². The normalized spacial score (nSPS) is 10.5. The molecule has 0 aromatic heterocycles. The SMILES string of the molecule is CNC(=O)[C@@H](C#N)C(=S)NC.ClC(Cl)Cl. The predicted molar refractivity (Wildman–Crippen MR) is 66.2 cm³/mol. The Bertz CT molecular complexity index is 236. The highest BCUT2D eigenvalue weighted by molar-refractivity contribution is 7.80. The minimum absolute atomic E-state index is 0.242. The van der Waals surface area contributed by atoms with Crippen LogP contribution in [0.15, 0.2) is 0 Å². The van der Waals surface area contributed by atoms with Crippen LogP contribution in [0.5, 0.6) is 0 Å². The summed E-state index contributed by atoms with van der Waals surface area (Å²) in [6.45, 7) is 0. The molecule has 0 saturated carbocycles. The van der Waals surface area contributed by atoms with E-state index in [1.807, 2.05) is 0 Å². The van der Waals surface area contributed by atoms with Gasteiger partial charge in [0.25, 0.3) is 0 Å². The molecule has 0 fully saturated rings. The van der Waals surface area contributed by atoms with Crippen LogP contribution < -0.4 is 10.6 Å². The fourth-order valence-electron chi connectivity index (χ4n) is 0.525. The molecule has 2 N–H and O–H groups in total. The van der Waals surface area contributed by atoms with Crippen LogP contribution in [0, 0.1) is 17.2 Å². The molecule has 0 unspecified atom stereocenters. The van der Waals surface area contributed by atoms with Crippen LogP contribution in [0.4, 0.5) is 0 Å². The second-order valence-corrected chi connectivity index (χ2v) is 4.46. The van der Waals surface area contributed by atoms with Gasteiger partial charge >= 0.3 is 0 Å². The first-order chi connectivity index (χ1) is 6.90. The minimum Gasteiger partial charge on any atom is -0.381 e. The number of hydrogen-bond donors (Lipinski definition) is 2. The number of thiocarbonyl (C=S) groups is 1. The fourth-order valence-corrected chi connectivity index (χ4v) is 0.685. The fraction of sp³-hybridized carbons (Fsp3) is 0.571. The summed E-state index contributed by atoms with van der Waals surface area (Å²) in [6, 6.07) is 1.79. The molecule has 1 amide bonds. The Balaban J connectivity index is 0. The lowest BCUT2D eigenvalue weighted by Gasteiger charge is -2.07. The maximum absolute atomic E-state index is 10.9. The van der Waals surface area contributed by atoms with E-state index in [0.717, 1.165) is 0 Å². The van der Waals surface area contributed by atoms with Gasteiger partial charge in [-0.05, 0) is 0 Å². The summed E-state index contributed by atoms with van der Waals surface area (Å²) in [5.74, 6) is -1.26. The maximum atomic E-state index is 10.9. The molecule has 15 heavy (non-hydrogen) atoms. The number of rotatable bonds is 2. The lowest BCUT2D eigenvalue weighted by molar-refractivity contribution is -0.121. The summed E-state index contributed by atoms with van der Waals surface area (Å²) in [6.07, 6.45) is 0. The second kappa shape index (κ2) is 10.2. The van der Waals surface area contributed by atoms with E-state index in [2.05, 4.69) is 10.6 Å². The van der Waals surface area contributed by atoms with Crippen molar-refractivity contribution in [2.24, 2.45) is 5.92 Å². The number of nitrogens with zero attached hydrogens (tertiary/aromatic N) is 1. The van der Waals surface area contributed by atoms with Crippen LogP contribution in [0.2, 0.25) is 0 Å². The number of carbonyl (C=O) groups excluding carboxylic acids is 1. The van der Waals surface area contributed by atoms with Crippen LogP contribution in [0.3, 0.4) is 0 Å². The van der Waals surface area contributed by atoms with Crippen molar-refractivity contribution in [2.45, 2.75) is 4.30 Å². The predicted octanol–water partition coefficient (Wildman–Crippen LogP) is 1.41. The monoisotopic (exact) mass is 289 g/mol. The Hall–Kier alpha value is -0.280. The molecule has 0 spiro atoms. The maximum Gasteiger partial charge on any atom is 0.244 e. The number of alkyl halides is 3. The van der Waals surface area contributed by atoms with Gasteiger partial charge in [-0.15, -0.1) is 0 Å². The van der Waals surface area contributed by atoms with E-state index in [1.54, 1.807) is 13.1 Å². The molecule has 4 nitrogen and oxygen atoms in total. The van der Waals surface area contributed by atoms with Crippen molar-refractivity contribution >= 4 is 57.9 Å². The van der Waals surface area contributed by atoms with Crippen molar-refractivity contribution < 1.29 is 4.79 Å². The summed E-state index contributed by atoms with van der Waals surface area (Å²) < 4.78 is -0.750. The van der Waals surface area contributed by atoms with Crippen molar-refractivity contribution in [2.75, 3.05) is 14.1 Å². The van der Waals surface area contributed by atoms with Crippen LogP contribution in [0.25, 0.3) is 0 Å². The molecule has 0 aromatic carbocycles. The summed E-state index contributed by atoms with van der Waals surface area (Å²) in [5.41, 5.74) is 0. The third-order valence-corrected chi connectivity index (χ3v) is 1.59. The zero-order valence-electron chi connectivity index (χ0n) is 8.05. The number of halogens is 3. The van der Waals surface area contributed by atoms with Gasteiger partial charge in [0.2, 0.25) is 5.91 Å². The smallest absolute Gasteiger partial charge is 0.244 e. The van der Waals surface area contributed by atoms with Crippen molar-refractivity contribution in [1.29, 1.82) is 5.26 Å². The van der Waals surface area contributed by atoms with Gasteiger partial charge in [-0.1, -0.05) is 47.0 Å². The summed E-state index contributed by atoms with van der Waals surface area (Å²) in [4.78, 5) is 11.1. The second-order valence-electron chi connectivity index (χ2n) is 2.04. The van der Waals surface area contributed by atoms with Gasteiger partial charge in [-0.25, -0.2) is 0 Å². The first-order valence-electron chi connectivity index (χ1n) is 3.65. The Morgan fingerprint density at radius 2 is 1.73 bits per heavy atom. The highest BCUT2D eigenvalue weighted by Crippen LogP contribution is 2.03. The molecule has 0 aliphatic heterocycles. The third kappa shape index (κ3) is 10.0. The molecule has 0 heterocycles. The molecule has 8 heteroatoms. The van der Waals surface area contributed by atoms with E-state index >= 15 is 0 Å². The van der Waals surface area contributed by atoms with Gasteiger partial charge in [-0.2, -0.15) is 5.26 Å². The summed E-state index contributed by atoms with van der Waals surface area (Å²) >= 11 is 19.1. The van der Waals surface area contributed by atoms with Crippen LogP contribution in [-0.4, -0.2) is 29.3 Å². The van der Waals surface area contributed by atoms with Crippen LogP contribution in [-0.2, 0) is 4.79 Å². The van der Waals surface area contributed by atoms with Gasteiger partial charge in [0.15, 0.2) is 10.2 Å². The number of amides is 1. The highest BCUT2D eigenvalue weighted by Gasteiger charge is 2.19. The molecule has 86 valence electrons. The topological polar surface area (TPSA) is 64.9 Å². The highest BCUT2D eigenvalue weighted by atomic mass is 35.6. The Morgan fingerprint density at radius 3 is 1.93 bits per heavy atom. The molecule has 0 radical (unpaired) electrons. The van der Waals surface area contributed by atoms with E-state index < -0.39 is 10.2 Å². The molecule has 0 aliphatic carbocycles. The van der Waals surface area contributed by atoms with E-state index in [-0.39, 0.29) is 10.9 Å². The van der Waals surface area contributed by atoms with Gasteiger partial charge in [0.05, 0.1) is 6.07 Å². The van der Waals surface area contributed by atoms with E-state index in [0.29, 0.717) is 0 Å². The number of nitriles is 1. The molecule has 0 aliphatic rings. The number of hydrogen-bond acceptors (Lipinski definition) is 3. The van der Waals surface area contributed by atoms with E-state index in [4.69, 9.17) is 52.3 Å². The van der Waals surface area contributed by atoms with Gasteiger partial charge in [-0.3, -0.25) is 4.79 Å². The average molecular weight is 291 g/mol. The first-order valence-corrected chi connectivity index (χ1v) is 5.37. The molecular formula is C7H10Cl3N3OS. The van der Waals surface area contributed by atoms with E-state index in [9.17, 15) is 4.79 Å². The van der Waals surface area contributed by atoms with Crippen molar-refractivity contribution in [3.05, 3.63) is 0 Å². The summed E-state index contributed by atoms with van der Waals surface area (Å²) in [5, 5.41) is 13.4. The Kier molecular flexibility index (Phi) is 11.7. The van der Waals surface area contributed by atoms with Gasteiger partial charge < -0.3 is 10.6 Å². The lowest BCUT2D eigenvalue weighted by Crippen LogP contribution is -2.36. The average Bonchev–Trinajstić information content (AvgIpc) is 2.17. The van der Waals surface area contributed by atoms with Gasteiger partial charge in [0, 0.05) is 14.1 Å². The molecule has 0 bridgehead atoms. The number of carbonyl (C=O) groups is 1. The van der Waals surface area contributed by atoms with Crippen LogP contribution >= 0.6 is 47.0 Å². The van der Waals surface area contributed by atoms with Gasteiger partial charge in [0.1, 0.15) is 4.99 Å². The van der Waals surface area contributed by atoms with Crippen LogP contribution in [0.1, 0.15) is 0 Å². The van der Waals surface area contributed by atoms with Crippen molar-refractivity contribution in [3.63, 3.8) is 0 Å². The Morgan fingerprint density at radius 1 is 1.33 bits per heavy atom. The zero-order valence-corrected chi connectivity index (χ0v) is 11.1. The summed E-state index contributed by atoms with van der Waals surface area (Å²) in [7, 11) is 3.04. The molecule has 0 rings (SSSR count). The zero-order chi connectivity index (χ0) is 12.4. The molecule has 0 aromatic rings. The minimum atomic E-state index is -0.875. The Labute approximate surface area is 109 Å².